The van der Waals surface area contributed by atoms with Gasteiger partial charge in [-0.05, 0) is 5.92 Å². The van der Waals surface area contributed by atoms with Crippen molar-refractivity contribution >= 4 is 17.5 Å². The van der Waals surface area contributed by atoms with E-state index in [9.17, 15) is 0 Å². The molecule has 0 spiro atoms. The fourth-order valence-corrected chi connectivity index (χ4v) is 1.12. The van der Waals surface area contributed by atoms with E-state index in [1.54, 1.807) is 20.3 Å². The molecule has 1 unspecified atom stereocenters. The van der Waals surface area contributed by atoms with Gasteiger partial charge in [0.25, 0.3) is 0 Å². The van der Waals surface area contributed by atoms with Gasteiger partial charge in [0.15, 0.2) is 0 Å². The Kier molecular flexibility index (Phi) is 5.11. The first-order chi connectivity index (χ1) is 7.69. The summed E-state index contributed by atoms with van der Waals surface area (Å²) in [7, 11) is 3.10. The number of anilines is 1. The van der Waals surface area contributed by atoms with Gasteiger partial charge in [0, 0.05) is 12.4 Å². The second-order valence-electron chi connectivity index (χ2n) is 3.42. The number of rotatable bonds is 6. The largest absolute Gasteiger partial charge is 0.481 e. The molecule has 0 aliphatic rings. The number of nitrogens with one attached hydrogen (secondary N) is 1. The highest BCUT2D eigenvalue weighted by Gasteiger charge is 2.06. The van der Waals surface area contributed by atoms with Gasteiger partial charge >= 0.3 is 0 Å². The minimum Gasteiger partial charge on any atom is -0.481 e. The standard InChI is InChI=1S/C10H16ClN3O2/c1-7(5-11)6-12-10-13-8(15-2)4-9(14-10)16-3/h4,7H,5-6H2,1-3H3,(H,12,13,14). The average molecular weight is 246 g/mol. The van der Waals surface area contributed by atoms with Gasteiger partial charge in [-0.1, -0.05) is 6.92 Å². The van der Waals surface area contributed by atoms with E-state index in [1.807, 2.05) is 6.92 Å². The van der Waals surface area contributed by atoms with Gasteiger partial charge in [-0.2, -0.15) is 9.97 Å². The van der Waals surface area contributed by atoms with Gasteiger partial charge in [0.05, 0.1) is 20.3 Å². The fourth-order valence-electron chi connectivity index (χ4n) is 1.01. The molecule has 90 valence electrons. The van der Waals surface area contributed by atoms with Gasteiger partial charge in [0.2, 0.25) is 17.7 Å². The molecular formula is C10H16ClN3O2. The van der Waals surface area contributed by atoms with Crippen molar-refractivity contribution in [3.05, 3.63) is 6.07 Å². The van der Waals surface area contributed by atoms with E-state index in [1.165, 1.54) is 0 Å². The van der Waals surface area contributed by atoms with E-state index in [-0.39, 0.29) is 0 Å². The van der Waals surface area contributed by atoms with Crippen LogP contribution in [0.25, 0.3) is 0 Å². The number of methoxy groups -OCH3 is 2. The SMILES string of the molecule is COc1cc(OC)nc(NCC(C)CCl)n1. The summed E-state index contributed by atoms with van der Waals surface area (Å²) in [6.45, 7) is 2.75. The Morgan fingerprint density at radius 2 is 1.88 bits per heavy atom. The number of aromatic nitrogens is 2. The van der Waals surface area contributed by atoms with Gasteiger partial charge in [-0.3, -0.25) is 0 Å². The molecule has 0 aliphatic carbocycles. The lowest BCUT2D eigenvalue weighted by Gasteiger charge is -2.10. The van der Waals surface area contributed by atoms with Gasteiger partial charge < -0.3 is 14.8 Å². The van der Waals surface area contributed by atoms with Crippen LogP contribution in [0.1, 0.15) is 6.92 Å². The van der Waals surface area contributed by atoms with Crippen molar-refractivity contribution < 1.29 is 9.47 Å². The van der Waals surface area contributed by atoms with Crippen LogP contribution in [0.2, 0.25) is 0 Å². The Morgan fingerprint density at radius 3 is 2.31 bits per heavy atom. The summed E-state index contributed by atoms with van der Waals surface area (Å²) in [5.74, 6) is 2.35. The van der Waals surface area contributed by atoms with Crippen LogP contribution in [0.4, 0.5) is 5.95 Å². The molecule has 16 heavy (non-hydrogen) atoms. The molecule has 0 bridgehead atoms. The summed E-state index contributed by atoms with van der Waals surface area (Å²) >= 11 is 5.71. The number of ether oxygens (including phenoxy) is 2. The van der Waals surface area contributed by atoms with E-state index < -0.39 is 0 Å². The summed E-state index contributed by atoms with van der Waals surface area (Å²) in [5.41, 5.74) is 0. The van der Waals surface area contributed by atoms with Crippen LogP contribution in [-0.4, -0.2) is 36.6 Å². The summed E-state index contributed by atoms with van der Waals surface area (Å²) in [4.78, 5) is 8.28. The molecule has 1 aromatic rings. The van der Waals surface area contributed by atoms with Crippen LogP contribution < -0.4 is 14.8 Å². The maximum absolute atomic E-state index is 5.71. The molecule has 0 aromatic carbocycles. The number of halogens is 1. The first-order valence-corrected chi connectivity index (χ1v) is 5.50. The molecule has 0 amide bonds. The Balaban J connectivity index is 2.71. The summed E-state index contributed by atoms with van der Waals surface area (Å²) in [6, 6.07) is 1.62. The molecular weight excluding hydrogens is 230 g/mol. The Hall–Kier alpha value is -1.23. The molecule has 0 fully saturated rings. The molecule has 0 aliphatic heterocycles. The molecule has 0 radical (unpaired) electrons. The van der Waals surface area contributed by atoms with E-state index in [4.69, 9.17) is 21.1 Å². The highest BCUT2D eigenvalue weighted by molar-refractivity contribution is 6.18. The smallest absolute Gasteiger partial charge is 0.229 e. The summed E-state index contributed by atoms with van der Waals surface area (Å²) < 4.78 is 10.1. The Morgan fingerprint density at radius 1 is 1.31 bits per heavy atom. The predicted molar refractivity (Wildman–Crippen MR) is 63.5 cm³/mol. The molecule has 0 saturated carbocycles. The van der Waals surface area contributed by atoms with Crippen LogP contribution in [0.5, 0.6) is 11.8 Å². The summed E-state index contributed by atoms with van der Waals surface area (Å²) in [5, 5.41) is 3.08. The van der Waals surface area contributed by atoms with Crippen LogP contribution in [-0.2, 0) is 0 Å². The van der Waals surface area contributed by atoms with E-state index >= 15 is 0 Å². The zero-order valence-electron chi connectivity index (χ0n) is 9.66. The van der Waals surface area contributed by atoms with Crippen molar-refractivity contribution in [3.63, 3.8) is 0 Å². The quantitative estimate of drug-likeness (QED) is 0.775. The molecule has 1 N–H and O–H groups in total. The van der Waals surface area contributed by atoms with Crippen molar-refractivity contribution in [3.8, 4) is 11.8 Å². The second-order valence-corrected chi connectivity index (χ2v) is 3.73. The predicted octanol–water partition coefficient (Wildman–Crippen LogP) is 1.78. The first kappa shape index (κ1) is 12.8. The average Bonchev–Trinajstić information content (AvgIpc) is 2.35. The molecule has 1 atom stereocenters. The van der Waals surface area contributed by atoms with E-state index in [2.05, 4.69) is 15.3 Å². The molecule has 1 aromatic heterocycles. The Labute approximate surface area is 100 Å². The fraction of sp³-hybridized carbons (Fsp3) is 0.600. The molecule has 6 heteroatoms. The lowest BCUT2D eigenvalue weighted by Crippen LogP contribution is -2.14. The van der Waals surface area contributed by atoms with Crippen LogP contribution >= 0.6 is 11.6 Å². The number of alkyl halides is 1. The van der Waals surface area contributed by atoms with Gasteiger partial charge in [-0.25, -0.2) is 0 Å². The van der Waals surface area contributed by atoms with Gasteiger partial charge in [0.1, 0.15) is 0 Å². The van der Waals surface area contributed by atoms with Crippen LogP contribution in [0.15, 0.2) is 6.07 Å². The third-order valence-electron chi connectivity index (χ3n) is 1.97. The third-order valence-corrected chi connectivity index (χ3v) is 2.50. The lowest BCUT2D eigenvalue weighted by atomic mass is 10.2. The molecule has 5 nitrogen and oxygen atoms in total. The van der Waals surface area contributed by atoms with Crippen molar-refractivity contribution in [2.45, 2.75) is 6.92 Å². The third kappa shape index (κ3) is 3.73. The second kappa shape index (κ2) is 6.37. The zero-order chi connectivity index (χ0) is 12.0. The number of nitrogens with zero attached hydrogens (tertiary/aromatic N) is 2. The van der Waals surface area contributed by atoms with Crippen molar-refractivity contribution in [1.82, 2.24) is 9.97 Å². The normalized spacial score (nSPS) is 12.0. The van der Waals surface area contributed by atoms with Crippen LogP contribution in [0.3, 0.4) is 0 Å². The van der Waals surface area contributed by atoms with Gasteiger partial charge in [-0.15, -0.1) is 11.6 Å². The van der Waals surface area contributed by atoms with Crippen molar-refractivity contribution in [2.75, 3.05) is 32.0 Å². The monoisotopic (exact) mass is 245 g/mol. The summed E-state index contributed by atoms with van der Waals surface area (Å²) in [6.07, 6.45) is 0. The molecule has 0 saturated heterocycles. The molecule has 1 rings (SSSR count). The number of hydrogen-bond donors (Lipinski definition) is 1. The lowest BCUT2D eigenvalue weighted by molar-refractivity contribution is 0.372. The molecule has 1 heterocycles. The highest BCUT2D eigenvalue weighted by atomic mass is 35.5. The van der Waals surface area contributed by atoms with Crippen molar-refractivity contribution in [2.24, 2.45) is 5.92 Å². The van der Waals surface area contributed by atoms with Crippen molar-refractivity contribution in [1.29, 1.82) is 0 Å². The maximum Gasteiger partial charge on any atom is 0.229 e. The maximum atomic E-state index is 5.71. The highest BCUT2D eigenvalue weighted by Crippen LogP contribution is 2.17. The first-order valence-electron chi connectivity index (χ1n) is 4.96. The zero-order valence-corrected chi connectivity index (χ0v) is 10.4. The Bertz CT molecular complexity index is 314. The van der Waals surface area contributed by atoms with Crippen LogP contribution in [0, 0.1) is 5.92 Å². The minimum absolute atomic E-state index is 0.350. The van der Waals surface area contributed by atoms with E-state index in [0.29, 0.717) is 36.1 Å². The topological polar surface area (TPSA) is 56.3 Å². The van der Waals surface area contributed by atoms with E-state index in [0.717, 1.165) is 0 Å². The number of hydrogen-bond acceptors (Lipinski definition) is 5. The minimum atomic E-state index is 0.350.